The molecule has 41 heavy (non-hydrogen) atoms. The molecule has 3 heterocycles. The number of fused-ring (bicyclic) bond motifs is 2. The number of anilines is 1. The molecule has 5 rings (SSSR count). The van der Waals surface area contributed by atoms with Crippen molar-refractivity contribution >= 4 is 39.1 Å². The molecule has 0 saturated carbocycles. The summed E-state index contributed by atoms with van der Waals surface area (Å²) in [6.07, 6.45) is 1.54. The van der Waals surface area contributed by atoms with Gasteiger partial charge in [0.15, 0.2) is 5.54 Å². The first-order chi connectivity index (χ1) is 19.6. The third-order valence-electron chi connectivity index (χ3n) is 7.61. The quantitative estimate of drug-likeness (QED) is 0.215. The maximum Gasteiger partial charge on any atom is 0.296 e. The highest BCUT2D eigenvalue weighted by molar-refractivity contribution is 7.89. The normalized spacial score (nSPS) is 22.7. The minimum Gasteiger partial charge on any atom is -0.507 e. The van der Waals surface area contributed by atoms with Crippen molar-refractivity contribution in [1.29, 1.82) is 0 Å². The summed E-state index contributed by atoms with van der Waals surface area (Å²) in [6, 6.07) is 12.4. The Hall–Kier alpha value is -3.84. The van der Waals surface area contributed by atoms with Gasteiger partial charge in [0, 0.05) is 43.9 Å². The number of aliphatic hydroxyl groups excluding tert-OH is 1. The van der Waals surface area contributed by atoms with Gasteiger partial charge < -0.3 is 24.5 Å². The predicted octanol–water partition coefficient (Wildman–Crippen LogP) is 1.38. The van der Waals surface area contributed by atoms with Gasteiger partial charge in [-0.05, 0) is 32.3 Å². The Kier molecular flexibility index (Phi) is 7.60. The zero-order chi connectivity index (χ0) is 29.5. The van der Waals surface area contributed by atoms with Crippen LogP contribution >= 0.6 is 0 Å². The molecule has 3 aliphatic rings. The number of Topliss-reactive ketones (excluding diaryl/α,β-unsaturated/α-hetero) is 1. The maximum atomic E-state index is 14.4. The molecule has 2 aromatic rings. The number of aliphatic hydroxyl groups is 1. The molecule has 0 bridgehead atoms. The van der Waals surface area contributed by atoms with E-state index in [1.807, 2.05) is 4.90 Å². The van der Waals surface area contributed by atoms with Crippen LogP contribution in [0.2, 0.25) is 0 Å². The standard InChI is InChI=1S/C29H32N4O7S/c1-4-12-32-23-11-6-5-10-22(23)29(28(32)37)24(26(35)27(36)33(29)14-13-30(2)3)25(34)20-8-7-9-21(19-20)41(38,39)31-15-17-40-18-16-31/h4-11,19,34H,1,12-18H2,2-3H3/b25-24+. The lowest BCUT2D eigenvalue weighted by atomic mass is 9.82. The van der Waals surface area contributed by atoms with Crippen molar-refractivity contribution in [2.45, 2.75) is 10.4 Å². The van der Waals surface area contributed by atoms with E-state index >= 15 is 0 Å². The first kappa shape index (κ1) is 28.7. The number of likely N-dealkylation sites (N-methyl/N-ethyl adjacent to an activating group) is 1. The van der Waals surface area contributed by atoms with Crippen molar-refractivity contribution in [3.8, 4) is 0 Å². The van der Waals surface area contributed by atoms with Crippen molar-refractivity contribution in [1.82, 2.24) is 14.1 Å². The lowest BCUT2D eigenvalue weighted by Crippen LogP contribution is -2.53. The number of hydrogen-bond donors (Lipinski definition) is 1. The van der Waals surface area contributed by atoms with Crippen LogP contribution in [0.4, 0.5) is 5.69 Å². The number of rotatable bonds is 8. The highest BCUT2D eigenvalue weighted by Gasteiger charge is 2.66. The second-order valence-electron chi connectivity index (χ2n) is 10.3. The molecule has 2 fully saturated rings. The molecule has 216 valence electrons. The van der Waals surface area contributed by atoms with E-state index in [1.54, 1.807) is 44.4 Å². The van der Waals surface area contributed by atoms with Crippen LogP contribution in [0.15, 0.2) is 71.7 Å². The second-order valence-corrected chi connectivity index (χ2v) is 12.2. The molecule has 1 spiro atoms. The van der Waals surface area contributed by atoms with Gasteiger partial charge in [-0.2, -0.15) is 4.31 Å². The molecule has 1 unspecified atom stereocenters. The fraction of sp³-hybridized carbons (Fsp3) is 0.345. The Morgan fingerprint density at radius 2 is 1.80 bits per heavy atom. The smallest absolute Gasteiger partial charge is 0.296 e. The van der Waals surface area contributed by atoms with Gasteiger partial charge in [0.25, 0.3) is 17.6 Å². The van der Waals surface area contributed by atoms with Crippen LogP contribution in [0, 0.1) is 0 Å². The maximum absolute atomic E-state index is 14.4. The molecule has 1 atom stereocenters. The number of likely N-dealkylation sites (tertiary alicyclic amines) is 1. The summed E-state index contributed by atoms with van der Waals surface area (Å²) in [5.74, 6) is -3.14. The van der Waals surface area contributed by atoms with Crippen molar-refractivity contribution in [2.24, 2.45) is 0 Å². The predicted molar refractivity (Wildman–Crippen MR) is 152 cm³/mol. The Labute approximate surface area is 238 Å². The van der Waals surface area contributed by atoms with E-state index in [9.17, 15) is 27.9 Å². The van der Waals surface area contributed by atoms with Crippen LogP contribution in [0.25, 0.3) is 5.76 Å². The third kappa shape index (κ3) is 4.47. The fourth-order valence-corrected chi connectivity index (χ4v) is 7.12. The third-order valence-corrected chi connectivity index (χ3v) is 9.50. The number of ketones is 1. The number of sulfonamides is 1. The fourth-order valence-electron chi connectivity index (χ4n) is 5.66. The zero-order valence-electron chi connectivity index (χ0n) is 22.9. The van der Waals surface area contributed by atoms with E-state index < -0.39 is 44.5 Å². The molecule has 1 N–H and O–H groups in total. The first-order valence-electron chi connectivity index (χ1n) is 13.2. The topological polar surface area (TPSA) is 128 Å². The van der Waals surface area contributed by atoms with Gasteiger partial charge in [0.1, 0.15) is 5.76 Å². The molecule has 2 amide bonds. The molecule has 0 radical (unpaired) electrons. The SMILES string of the molecule is C=CCN1C(=O)C2(/C(=C(/O)c3cccc(S(=O)(=O)N4CCOCC4)c3)C(=O)C(=O)N2CCN(C)C)c2ccccc21. The van der Waals surface area contributed by atoms with Crippen LogP contribution in [0.1, 0.15) is 11.1 Å². The Morgan fingerprint density at radius 1 is 1.10 bits per heavy atom. The van der Waals surface area contributed by atoms with Crippen LogP contribution in [-0.4, -0.2) is 105 Å². The number of amides is 2. The van der Waals surface area contributed by atoms with E-state index in [0.717, 1.165) is 0 Å². The molecule has 2 aromatic carbocycles. The van der Waals surface area contributed by atoms with Gasteiger partial charge in [-0.15, -0.1) is 6.58 Å². The monoisotopic (exact) mass is 580 g/mol. The number of benzene rings is 2. The van der Waals surface area contributed by atoms with E-state index in [0.29, 0.717) is 17.8 Å². The molecule has 12 heteroatoms. The molecular formula is C29H32N4O7S. The van der Waals surface area contributed by atoms with Crippen LogP contribution in [0.5, 0.6) is 0 Å². The van der Waals surface area contributed by atoms with E-state index in [-0.39, 0.29) is 49.9 Å². The summed E-state index contributed by atoms with van der Waals surface area (Å²) in [4.78, 5) is 46.1. The molecule has 0 aromatic heterocycles. The van der Waals surface area contributed by atoms with Gasteiger partial charge in [0.05, 0.1) is 29.4 Å². The summed E-state index contributed by atoms with van der Waals surface area (Å²) < 4.78 is 33.3. The number of hydrogen-bond acceptors (Lipinski definition) is 8. The van der Waals surface area contributed by atoms with Gasteiger partial charge in [-0.3, -0.25) is 14.4 Å². The van der Waals surface area contributed by atoms with Gasteiger partial charge in [-0.1, -0.05) is 36.4 Å². The van der Waals surface area contributed by atoms with Crippen molar-refractivity contribution in [2.75, 3.05) is 64.9 Å². The number of nitrogens with zero attached hydrogens (tertiary/aromatic N) is 4. The number of ether oxygens (including phenoxy) is 1. The van der Waals surface area contributed by atoms with Crippen molar-refractivity contribution in [3.63, 3.8) is 0 Å². The van der Waals surface area contributed by atoms with E-state index in [4.69, 9.17) is 4.74 Å². The lowest BCUT2D eigenvalue weighted by molar-refractivity contribution is -0.143. The first-order valence-corrected chi connectivity index (χ1v) is 14.7. The molecular weight excluding hydrogens is 548 g/mol. The van der Waals surface area contributed by atoms with Crippen LogP contribution in [0.3, 0.4) is 0 Å². The van der Waals surface area contributed by atoms with Crippen molar-refractivity contribution < 1.29 is 32.6 Å². The minimum atomic E-state index is -3.93. The zero-order valence-corrected chi connectivity index (χ0v) is 23.8. The Balaban J connectivity index is 1.73. The average Bonchev–Trinajstić information content (AvgIpc) is 3.35. The summed E-state index contributed by atoms with van der Waals surface area (Å²) in [5, 5.41) is 11.7. The number of carbonyl (C=O) groups excluding carboxylic acids is 3. The molecule has 11 nitrogen and oxygen atoms in total. The molecule has 2 saturated heterocycles. The number of para-hydroxylation sites is 1. The number of carbonyl (C=O) groups is 3. The average molecular weight is 581 g/mol. The summed E-state index contributed by atoms with van der Waals surface area (Å²) in [7, 11) is -0.325. The lowest BCUT2D eigenvalue weighted by Gasteiger charge is -2.35. The van der Waals surface area contributed by atoms with Gasteiger partial charge in [-0.25, -0.2) is 8.42 Å². The Bertz CT molecular complexity index is 1560. The highest BCUT2D eigenvalue weighted by atomic mass is 32.2. The van der Waals surface area contributed by atoms with Crippen molar-refractivity contribution in [3.05, 3.63) is 77.9 Å². The Morgan fingerprint density at radius 3 is 2.49 bits per heavy atom. The van der Waals surface area contributed by atoms with Gasteiger partial charge in [0.2, 0.25) is 10.0 Å². The molecule has 3 aliphatic heterocycles. The van der Waals surface area contributed by atoms with Gasteiger partial charge >= 0.3 is 0 Å². The number of morpholine rings is 1. The summed E-state index contributed by atoms with van der Waals surface area (Å²) in [6.45, 7) is 5.13. The second kappa shape index (κ2) is 10.9. The van der Waals surface area contributed by atoms with E-state index in [2.05, 4.69) is 6.58 Å². The highest BCUT2D eigenvalue weighted by Crippen LogP contribution is 2.53. The minimum absolute atomic E-state index is 0.00299. The van der Waals surface area contributed by atoms with Crippen LogP contribution < -0.4 is 4.90 Å². The summed E-state index contributed by atoms with van der Waals surface area (Å²) in [5.41, 5.74) is -1.47. The summed E-state index contributed by atoms with van der Waals surface area (Å²) >= 11 is 0. The largest absolute Gasteiger partial charge is 0.507 e. The molecule has 0 aliphatic carbocycles. The van der Waals surface area contributed by atoms with E-state index in [1.165, 1.54) is 38.4 Å². The van der Waals surface area contributed by atoms with Crippen LogP contribution in [-0.2, 0) is 34.7 Å².